The number of hydrazine groups is 1. The van der Waals surface area contributed by atoms with Gasteiger partial charge >= 0.3 is 0 Å². The van der Waals surface area contributed by atoms with Gasteiger partial charge in [0.15, 0.2) is 0 Å². The number of rotatable bonds is 4. The first-order valence-electron chi connectivity index (χ1n) is 5.07. The third-order valence-corrected chi connectivity index (χ3v) is 1.57. The van der Waals surface area contributed by atoms with Crippen LogP contribution in [-0.2, 0) is 4.79 Å². The number of carbonyl (C=O) groups excluding carboxylic acids is 1. The van der Waals surface area contributed by atoms with Crippen molar-refractivity contribution in [2.75, 3.05) is 13.1 Å². The van der Waals surface area contributed by atoms with E-state index in [0.29, 0.717) is 13.1 Å². The van der Waals surface area contributed by atoms with Gasteiger partial charge in [-0.3, -0.25) is 10.2 Å². The molecule has 0 aliphatic carbocycles. The van der Waals surface area contributed by atoms with Gasteiger partial charge in [0.25, 0.3) is 0 Å². The van der Waals surface area contributed by atoms with Gasteiger partial charge in [-0.15, -0.1) is 0 Å². The van der Waals surface area contributed by atoms with Crippen molar-refractivity contribution >= 4 is 12.0 Å². The summed E-state index contributed by atoms with van der Waals surface area (Å²) in [6.45, 7) is 6.20. The lowest BCUT2D eigenvalue weighted by Gasteiger charge is -1.99. The fourth-order valence-electron chi connectivity index (χ4n) is 0.848. The van der Waals surface area contributed by atoms with Crippen LogP contribution < -0.4 is 16.6 Å². The van der Waals surface area contributed by atoms with Crippen molar-refractivity contribution in [3.05, 3.63) is 42.5 Å². The van der Waals surface area contributed by atoms with Gasteiger partial charge in [0, 0.05) is 20.0 Å². The predicted molar refractivity (Wildman–Crippen MR) is 67.4 cm³/mol. The fourth-order valence-corrected chi connectivity index (χ4v) is 0.848. The molecule has 0 fully saturated rings. The lowest BCUT2D eigenvalue weighted by atomic mass is 10.2. The van der Waals surface area contributed by atoms with Gasteiger partial charge in [-0.05, 0) is 5.56 Å². The Morgan fingerprint density at radius 2 is 2.06 bits per heavy atom. The molecule has 0 aromatic heterocycles. The van der Waals surface area contributed by atoms with Crippen LogP contribution in [-0.4, -0.2) is 19.0 Å². The minimum atomic E-state index is -0.0987. The maximum absolute atomic E-state index is 10.1. The molecular formula is C12H19N3O. The van der Waals surface area contributed by atoms with E-state index in [1.807, 2.05) is 36.4 Å². The molecule has 0 radical (unpaired) electrons. The maximum Gasteiger partial charge on any atom is 0.230 e. The van der Waals surface area contributed by atoms with Crippen LogP contribution >= 0.6 is 0 Å². The van der Waals surface area contributed by atoms with E-state index in [0.717, 1.165) is 0 Å². The standard InChI is InChI=1S/C8H8.C4H11N3O/c1-2-8-6-4-3-5-7-8;1-4(8)7-6-3-2-5/h2-7H,1H2;6H,2-3,5H2,1H3,(H,7,8). The number of nitrogens with one attached hydrogen (secondary N) is 2. The molecule has 0 saturated carbocycles. The smallest absolute Gasteiger partial charge is 0.230 e. The number of amides is 1. The molecule has 0 aliphatic rings. The predicted octanol–water partition coefficient (Wildman–Crippen LogP) is 0.915. The van der Waals surface area contributed by atoms with Crippen LogP contribution in [0.1, 0.15) is 12.5 Å². The molecule has 1 aromatic rings. The van der Waals surface area contributed by atoms with Crippen LogP contribution in [0.3, 0.4) is 0 Å². The number of hydrogen-bond donors (Lipinski definition) is 3. The minimum absolute atomic E-state index is 0.0987. The molecular weight excluding hydrogens is 202 g/mol. The summed E-state index contributed by atoms with van der Waals surface area (Å²) in [5.74, 6) is -0.0987. The summed E-state index contributed by atoms with van der Waals surface area (Å²) < 4.78 is 0. The molecule has 0 bridgehead atoms. The summed E-state index contributed by atoms with van der Waals surface area (Å²) in [7, 11) is 0. The highest BCUT2D eigenvalue weighted by atomic mass is 16.2. The second-order valence-corrected chi connectivity index (χ2v) is 3.01. The Morgan fingerprint density at radius 1 is 1.44 bits per heavy atom. The van der Waals surface area contributed by atoms with E-state index < -0.39 is 0 Å². The summed E-state index contributed by atoms with van der Waals surface area (Å²) in [5, 5.41) is 0. The van der Waals surface area contributed by atoms with Gasteiger partial charge in [0.1, 0.15) is 0 Å². The van der Waals surface area contributed by atoms with Gasteiger partial charge in [0.2, 0.25) is 5.91 Å². The van der Waals surface area contributed by atoms with Gasteiger partial charge < -0.3 is 5.73 Å². The van der Waals surface area contributed by atoms with Crippen LogP contribution in [0.5, 0.6) is 0 Å². The third kappa shape index (κ3) is 8.93. The van der Waals surface area contributed by atoms with E-state index in [-0.39, 0.29) is 5.91 Å². The Bertz CT molecular complexity index is 298. The Kier molecular flexibility index (Phi) is 8.87. The summed E-state index contributed by atoms with van der Waals surface area (Å²) in [6, 6.07) is 10.0. The van der Waals surface area contributed by atoms with Crippen LogP contribution in [0.2, 0.25) is 0 Å². The number of nitrogens with two attached hydrogens (primary N) is 1. The molecule has 16 heavy (non-hydrogen) atoms. The molecule has 0 saturated heterocycles. The normalized spacial score (nSPS) is 8.62. The third-order valence-electron chi connectivity index (χ3n) is 1.57. The fraction of sp³-hybridized carbons (Fsp3) is 0.250. The van der Waals surface area contributed by atoms with E-state index in [2.05, 4.69) is 17.4 Å². The first-order valence-corrected chi connectivity index (χ1v) is 5.07. The van der Waals surface area contributed by atoms with Crippen molar-refractivity contribution in [1.82, 2.24) is 10.9 Å². The van der Waals surface area contributed by atoms with Crippen LogP contribution in [0.15, 0.2) is 36.9 Å². The summed E-state index contributed by atoms with van der Waals surface area (Å²) in [6.07, 6.45) is 1.83. The highest BCUT2D eigenvalue weighted by Crippen LogP contribution is 1.97. The Balaban J connectivity index is 0.000000281. The maximum atomic E-state index is 10.1. The minimum Gasteiger partial charge on any atom is -0.329 e. The monoisotopic (exact) mass is 221 g/mol. The van der Waals surface area contributed by atoms with Gasteiger partial charge in [-0.1, -0.05) is 43.0 Å². The van der Waals surface area contributed by atoms with E-state index >= 15 is 0 Å². The zero-order chi connectivity index (χ0) is 12.2. The average Bonchev–Trinajstić information content (AvgIpc) is 2.31. The van der Waals surface area contributed by atoms with Crippen molar-refractivity contribution in [1.29, 1.82) is 0 Å². The topological polar surface area (TPSA) is 67.2 Å². The van der Waals surface area contributed by atoms with Gasteiger partial charge in [-0.2, -0.15) is 0 Å². The molecule has 1 amide bonds. The van der Waals surface area contributed by atoms with Gasteiger partial charge in [-0.25, -0.2) is 5.43 Å². The highest BCUT2D eigenvalue weighted by molar-refractivity contribution is 5.72. The first-order chi connectivity index (χ1) is 7.70. The number of hydrogen-bond acceptors (Lipinski definition) is 3. The second kappa shape index (κ2) is 9.89. The first kappa shape index (κ1) is 14.3. The molecule has 0 atom stereocenters. The van der Waals surface area contributed by atoms with Crippen molar-refractivity contribution in [3.63, 3.8) is 0 Å². The summed E-state index contributed by atoms with van der Waals surface area (Å²) in [5.41, 5.74) is 11.3. The van der Waals surface area contributed by atoms with E-state index in [1.165, 1.54) is 12.5 Å². The largest absolute Gasteiger partial charge is 0.329 e. The molecule has 88 valence electrons. The average molecular weight is 221 g/mol. The second-order valence-electron chi connectivity index (χ2n) is 3.01. The Hall–Kier alpha value is -1.65. The van der Waals surface area contributed by atoms with Crippen LogP contribution in [0.25, 0.3) is 6.08 Å². The summed E-state index contributed by atoms with van der Waals surface area (Å²) in [4.78, 5) is 10.1. The Morgan fingerprint density at radius 3 is 2.44 bits per heavy atom. The molecule has 4 heteroatoms. The lowest BCUT2D eigenvalue weighted by Crippen LogP contribution is -2.38. The molecule has 4 N–H and O–H groups in total. The molecule has 0 unspecified atom stereocenters. The lowest BCUT2D eigenvalue weighted by molar-refractivity contribution is -0.119. The van der Waals surface area contributed by atoms with E-state index in [1.54, 1.807) is 0 Å². The zero-order valence-electron chi connectivity index (χ0n) is 9.57. The number of carbonyl (C=O) groups is 1. The summed E-state index contributed by atoms with van der Waals surface area (Å²) >= 11 is 0. The van der Waals surface area contributed by atoms with Crippen LogP contribution in [0, 0.1) is 0 Å². The molecule has 0 heterocycles. The van der Waals surface area contributed by atoms with E-state index in [9.17, 15) is 4.79 Å². The number of benzene rings is 1. The molecule has 0 spiro atoms. The van der Waals surface area contributed by atoms with Gasteiger partial charge in [0.05, 0.1) is 0 Å². The molecule has 1 aromatic carbocycles. The zero-order valence-corrected chi connectivity index (χ0v) is 9.57. The SMILES string of the molecule is C=Cc1ccccc1.CC(=O)NNCCN. The van der Waals surface area contributed by atoms with Crippen molar-refractivity contribution in [2.45, 2.75) is 6.92 Å². The van der Waals surface area contributed by atoms with E-state index in [4.69, 9.17) is 5.73 Å². The molecule has 4 nitrogen and oxygen atoms in total. The van der Waals surface area contributed by atoms with Crippen molar-refractivity contribution in [3.8, 4) is 0 Å². The van der Waals surface area contributed by atoms with Crippen molar-refractivity contribution < 1.29 is 4.79 Å². The van der Waals surface area contributed by atoms with Crippen molar-refractivity contribution in [2.24, 2.45) is 5.73 Å². The van der Waals surface area contributed by atoms with Crippen LogP contribution in [0.4, 0.5) is 0 Å². The molecule has 0 aliphatic heterocycles. The highest BCUT2D eigenvalue weighted by Gasteiger charge is 1.83. The quantitative estimate of drug-likeness (QED) is 0.523. The molecule has 1 rings (SSSR count). The Labute approximate surface area is 96.5 Å².